The maximum Gasteiger partial charge on any atom is 0.323 e. The van der Waals surface area contributed by atoms with Crippen molar-refractivity contribution in [2.24, 2.45) is 5.92 Å². The van der Waals surface area contributed by atoms with Crippen LogP contribution in [0.2, 0.25) is 0 Å². The van der Waals surface area contributed by atoms with Crippen LogP contribution in [0.3, 0.4) is 0 Å². The highest BCUT2D eigenvalue weighted by molar-refractivity contribution is 7.89. The van der Waals surface area contributed by atoms with Gasteiger partial charge < -0.3 is 25.8 Å². The van der Waals surface area contributed by atoms with Gasteiger partial charge in [-0.15, -0.1) is 11.3 Å². The monoisotopic (exact) mass is 644 g/mol. The summed E-state index contributed by atoms with van der Waals surface area (Å²) in [5, 5.41) is 20.0. The first kappa shape index (κ1) is 34.5. The van der Waals surface area contributed by atoms with Crippen LogP contribution in [0.5, 0.6) is 5.75 Å². The number of benzene rings is 2. The normalized spacial score (nSPS) is 12.8. The molecule has 5 N–H and O–H groups in total. The molecular weight excluding hydrogens is 604 g/mol. The summed E-state index contributed by atoms with van der Waals surface area (Å²) in [7, 11) is -2.22. The van der Waals surface area contributed by atoms with Gasteiger partial charge in [0.05, 0.1) is 31.0 Å². The number of hydrogen-bond acceptors (Lipinski definition) is 7. The van der Waals surface area contributed by atoms with E-state index in [0.717, 1.165) is 10.4 Å². The van der Waals surface area contributed by atoms with E-state index in [9.17, 15) is 27.9 Å². The van der Waals surface area contributed by atoms with Gasteiger partial charge in [-0.05, 0) is 72.5 Å². The Labute approximate surface area is 262 Å². The Morgan fingerprint density at radius 1 is 1.00 bits per heavy atom. The molecule has 1 heterocycles. The smallest absolute Gasteiger partial charge is 0.323 e. The average molecular weight is 645 g/mol. The number of hydrogen-bond donors (Lipinski definition) is 5. The molecule has 3 aromatic rings. The Bertz CT molecular complexity index is 1570. The molecule has 13 heteroatoms. The van der Waals surface area contributed by atoms with Crippen LogP contribution in [-0.4, -0.2) is 50.3 Å². The van der Waals surface area contributed by atoms with Crippen molar-refractivity contribution in [3.05, 3.63) is 75.5 Å². The van der Waals surface area contributed by atoms with Crippen LogP contribution in [0.25, 0.3) is 0 Å². The first-order chi connectivity index (χ1) is 20.8. The van der Waals surface area contributed by atoms with Gasteiger partial charge in [-0.1, -0.05) is 38.1 Å². The maximum atomic E-state index is 13.2. The summed E-state index contributed by atoms with van der Waals surface area (Å²) in [5.41, 5.74) is 3.42. The minimum absolute atomic E-state index is 0.0173. The molecule has 0 saturated heterocycles. The first-order valence-electron chi connectivity index (χ1n) is 14.2. The van der Waals surface area contributed by atoms with Gasteiger partial charge in [-0.3, -0.25) is 9.59 Å². The number of nitrogens with one attached hydrogen (secondary N) is 4. The summed E-state index contributed by atoms with van der Waals surface area (Å²) >= 11 is 1.39. The van der Waals surface area contributed by atoms with Crippen molar-refractivity contribution in [2.75, 3.05) is 23.5 Å². The standard InChI is InChI=1S/C31H40N4O7S2/c1-6-44(40,41)35-26(30(37)38)14-22-16-28(43-18-22)25(13-19(2)3)32-29(36)17-21-11-12-24(27(15-21)42-5)34-31(39)33-23-10-8-7-9-20(23)4/h7-12,15-16,18-19,25-26,35H,6,13-14,17H2,1-5H3,(H,32,36)(H,37,38)(H2,33,34,39). The number of methoxy groups -OCH3 is 1. The molecule has 2 aromatic carbocycles. The molecule has 0 saturated carbocycles. The van der Waals surface area contributed by atoms with Crippen molar-refractivity contribution in [1.29, 1.82) is 0 Å². The molecule has 3 amide bonds. The van der Waals surface area contributed by atoms with Crippen LogP contribution >= 0.6 is 11.3 Å². The third-order valence-corrected chi connectivity index (χ3v) is 9.27. The molecule has 2 unspecified atom stereocenters. The van der Waals surface area contributed by atoms with Crippen molar-refractivity contribution < 1.29 is 32.6 Å². The molecule has 0 aliphatic heterocycles. The van der Waals surface area contributed by atoms with Crippen LogP contribution < -0.4 is 25.4 Å². The summed E-state index contributed by atoms with van der Waals surface area (Å²) in [6.45, 7) is 7.42. The van der Waals surface area contributed by atoms with Gasteiger partial charge in [0.25, 0.3) is 0 Å². The molecule has 11 nitrogen and oxygen atoms in total. The van der Waals surface area contributed by atoms with Crippen molar-refractivity contribution >= 4 is 50.6 Å². The number of carboxylic acids is 1. The number of para-hydroxylation sites is 1. The summed E-state index contributed by atoms with van der Waals surface area (Å²) < 4.78 is 31.6. The molecule has 0 fully saturated rings. The zero-order chi connectivity index (χ0) is 32.4. The molecule has 2 atom stereocenters. The fraction of sp³-hybridized carbons (Fsp3) is 0.387. The van der Waals surface area contributed by atoms with Crippen LogP contribution in [-0.2, 0) is 32.5 Å². The Balaban J connectivity index is 1.68. The van der Waals surface area contributed by atoms with Gasteiger partial charge in [0.2, 0.25) is 15.9 Å². The van der Waals surface area contributed by atoms with Crippen LogP contribution in [0.15, 0.2) is 53.9 Å². The maximum absolute atomic E-state index is 13.2. The molecule has 3 rings (SSSR count). The number of aryl methyl sites for hydroxylation is 1. The number of carboxylic acid groups (broad SMARTS) is 1. The highest BCUT2D eigenvalue weighted by Crippen LogP contribution is 2.29. The van der Waals surface area contributed by atoms with Gasteiger partial charge in [0.1, 0.15) is 11.8 Å². The van der Waals surface area contributed by atoms with E-state index in [4.69, 9.17) is 4.74 Å². The van der Waals surface area contributed by atoms with Gasteiger partial charge >= 0.3 is 12.0 Å². The fourth-order valence-electron chi connectivity index (χ4n) is 4.49. The van der Waals surface area contributed by atoms with Gasteiger partial charge in [0.15, 0.2) is 0 Å². The molecule has 0 aliphatic carbocycles. The van der Waals surface area contributed by atoms with Gasteiger partial charge in [-0.25, -0.2) is 17.9 Å². The number of urea groups is 1. The van der Waals surface area contributed by atoms with E-state index >= 15 is 0 Å². The highest BCUT2D eigenvalue weighted by atomic mass is 32.2. The Morgan fingerprint density at radius 3 is 2.34 bits per heavy atom. The summed E-state index contributed by atoms with van der Waals surface area (Å²) in [6, 6.07) is 12.3. The van der Waals surface area contributed by atoms with Crippen LogP contribution in [0.4, 0.5) is 16.2 Å². The first-order valence-corrected chi connectivity index (χ1v) is 16.7. The molecule has 0 spiro atoms. The largest absolute Gasteiger partial charge is 0.495 e. The second-order valence-electron chi connectivity index (χ2n) is 10.8. The molecule has 1 aromatic heterocycles. The second-order valence-corrected chi connectivity index (χ2v) is 13.8. The lowest BCUT2D eigenvalue weighted by atomic mass is 10.0. The van der Waals surface area contributed by atoms with E-state index in [0.29, 0.717) is 34.7 Å². The summed E-state index contributed by atoms with van der Waals surface area (Å²) in [5.74, 6) is -1.04. The average Bonchev–Trinajstić information content (AvgIpc) is 3.42. The zero-order valence-electron chi connectivity index (χ0n) is 25.5. The lowest BCUT2D eigenvalue weighted by Crippen LogP contribution is -2.42. The van der Waals surface area contributed by atoms with E-state index in [1.807, 2.05) is 51.1 Å². The summed E-state index contributed by atoms with van der Waals surface area (Å²) in [6.07, 6.45) is 0.702. The third-order valence-electron chi connectivity index (χ3n) is 6.77. The molecule has 238 valence electrons. The van der Waals surface area contributed by atoms with E-state index in [-0.39, 0.29) is 36.5 Å². The highest BCUT2D eigenvalue weighted by Gasteiger charge is 2.25. The Morgan fingerprint density at radius 2 is 1.70 bits per heavy atom. The van der Waals surface area contributed by atoms with Crippen molar-refractivity contribution in [1.82, 2.24) is 10.0 Å². The molecule has 0 bridgehead atoms. The number of amides is 3. The molecule has 0 radical (unpaired) electrons. The third kappa shape index (κ3) is 10.4. The predicted octanol–water partition coefficient (Wildman–Crippen LogP) is 5.09. The number of ether oxygens (including phenoxy) is 1. The zero-order valence-corrected chi connectivity index (χ0v) is 27.1. The quantitative estimate of drug-likeness (QED) is 0.154. The number of carbonyl (C=O) groups excluding carboxylic acids is 2. The SMILES string of the molecule is CCS(=O)(=O)NC(Cc1csc(C(CC(C)C)NC(=O)Cc2ccc(NC(=O)Nc3ccccc3C)c(OC)c2)c1)C(=O)O. The van der Waals surface area contributed by atoms with Crippen molar-refractivity contribution in [2.45, 2.75) is 59.0 Å². The lowest BCUT2D eigenvalue weighted by Gasteiger charge is -2.20. The van der Waals surface area contributed by atoms with Gasteiger partial charge in [-0.2, -0.15) is 0 Å². The minimum Gasteiger partial charge on any atom is -0.495 e. The van der Waals surface area contributed by atoms with Gasteiger partial charge in [0, 0.05) is 17.0 Å². The van der Waals surface area contributed by atoms with E-state index in [2.05, 4.69) is 20.7 Å². The summed E-state index contributed by atoms with van der Waals surface area (Å²) in [4.78, 5) is 38.3. The topological polar surface area (TPSA) is 163 Å². The van der Waals surface area contributed by atoms with E-state index in [1.165, 1.54) is 25.4 Å². The van der Waals surface area contributed by atoms with Crippen LogP contribution in [0, 0.1) is 12.8 Å². The van der Waals surface area contributed by atoms with E-state index in [1.54, 1.807) is 23.6 Å². The predicted molar refractivity (Wildman–Crippen MR) is 173 cm³/mol. The minimum atomic E-state index is -3.70. The molecule has 0 aliphatic rings. The van der Waals surface area contributed by atoms with E-state index < -0.39 is 28.1 Å². The number of anilines is 2. The molecular formula is C31H40N4O7S2. The number of carbonyl (C=O) groups is 3. The number of aliphatic carboxylic acids is 1. The Kier molecular flexibility index (Phi) is 12.3. The van der Waals surface area contributed by atoms with Crippen molar-refractivity contribution in [3.63, 3.8) is 0 Å². The second kappa shape index (κ2) is 15.7. The number of sulfonamides is 1. The Hall–Kier alpha value is -3.94. The fourth-order valence-corrected chi connectivity index (χ4v) is 6.26. The number of rotatable bonds is 15. The van der Waals surface area contributed by atoms with Crippen molar-refractivity contribution in [3.8, 4) is 5.75 Å². The van der Waals surface area contributed by atoms with Crippen LogP contribution in [0.1, 0.15) is 54.8 Å². The number of thiophene rings is 1. The lowest BCUT2D eigenvalue weighted by molar-refractivity contribution is -0.139. The molecule has 44 heavy (non-hydrogen) atoms.